The molecule has 11 rings (SSSR count). The highest BCUT2D eigenvalue weighted by Gasteiger charge is 2.45. The monoisotopic (exact) mass is 1680 g/mol. The number of aromatic carboxylic acids is 1. The smallest absolute Gasteiger partial charge is 0.335 e. The number of benzene rings is 5. The summed E-state index contributed by atoms with van der Waals surface area (Å²) in [6, 6.07) is 59.8. The first-order valence-corrected chi connectivity index (χ1v) is 43.7. The highest BCUT2D eigenvalue weighted by molar-refractivity contribution is 6.30. The number of pyridine rings is 4. The average Bonchev–Trinajstić information content (AvgIpc) is 0.774. The number of amides is 3. The summed E-state index contributed by atoms with van der Waals surface area (Å²) in [7, 11) is 0. The largest absolute Gasteiger partial charge is 0.494 e. The maximum Gasteiger partial charge on any atom is 0.335 e. The van der Waals surface area contributed by atoms with Crippen molar-refractivity contribution in [2.24, 2.45) is 0 Å². The van der Waals surface area contributed by atoms with Gasteiger partial charge >= 0.3 is 5.97 Å². The molecule has 0 radical (unpaired) electrons. The minimum absolute atomic E-state index is 0. The maximum atomic E-state index is 15.7. The van der Waals surface area contributed by atoms with Gasteiger partial charge in [-0.15, -0.1) is 0 Å². The first-order valence-electron chi connectivity index (χ1n) is 42.9. The van der Waals surface area contributed by atoms with Gasteiger partial charge in [-0.05, 0) is 188 Å². The molecule has 0 spiro atoms. The van der Waals surface area contributed by atoms with E-state index in [9.17, 15) is 29.1 Å². The van der Waals surface area contributed by atoms with Crippen LogP contribution in [0, 0.1) is 0 Å². The fourth-order valence-corrected chi connectivity index (χ4v) is 16.7. The van der Waals surface area contributed by atoms with Crippen LogP contribution in [0.15, 0.2) is 200 Å². The van der Waals surface area contributed by atoms with E-state index in [-0.39, 0.29) is 62.7 Å². The zero-order chi connectivity index (χ0) is 83.4. The van der Waals surface area contributed by atoms with Crippen molar-refractivity contribution in [1.29, 1.82) is 0 Å². The van der Waals surface area contributed by atoms with Crippen LogP contribution in [0.25, 0.3) is 0 Å². The third-order valence-electron chi connectivity index (χ3n) is 22.7. The number of nitrogens with zero attached hydrogens (tertiary/aromatic N) is 8. The van der Waals surface area contributed by atoms with Crippen LogP contribution < -0.4 is 10.1 Å². The third kappa shape index (κ3) is 29.7. The van der Waals surface area contributed by atoms with Gasteiger partial charge in [-0.25, -0.2) is 9.78 Å². The first-order chi connectivity index (χ1) is 58.0. The van der Waals surface area contributed by atoms with Gasteiger partial charge in [0.2, 0.25) is 17.7 Å². The van der Waals surface area contributed by atoms with Gasteiger partial charge < -0.3 is 34.4 Å². The lowest BCUT2D eigenvalue weighted by Gasteiger charge is -2.40. The van der Waals surface area contributed by atoms with Crippen molar-refractivity contribution in [1.82, 2.24) is 39.5 Å². The number of halogens is 2. The van der Waals surface area contributed by atoms with Crippen LogP contribution >= 0.6 is 23.2 Å². The highest BCUT2D eigenvalue weighted by Crippen LogP contribution is 2.44. The minimum atomic E-state index is -1.01. The summed E-state index contributed by atoms with van der Waals surface area (Å²) < 4.78 is 19.0. The van der Waals surface area contributed by atoms with E-state index < -0.39 is 16.8 Å². The summed E-state index contributed by atoms with van der Waals surface area (Å²) in [6.45, 7) is 10.3. The minimum Gasteiger partial charge on any atom is -0.494 e. The molecular formula is C100H125Cl2N9O10. The number of hydrogen-bond donors (Lipinski definition) is 2. The number of nitrogens with one attached hydrogen (secondary N) is 1. The van der Waals surface area contributed by atoms with Crippen LogP contribution in [0.1, 0.15) is 253 Å². The Hall–Kier alpha value is -9.86. The van der Waals surface area contributed by atoms with Crippen LogP contribution in [-0.4, -0.2) is 126 Å². The molecule has 0 unspecified atom stereocenters. The van der Waals surface area contributed by atoms with Crippen LogP contribution in [0.5, 0.6) is 5.75 Å². The van der Waals surface area contributed by atoms with Crippen molar-refractivity contribution >= 4 is 64.3 Å². The van der Waals surface area contributed by atoms with E-state index in [2.05, 4.69) is 47.2 Å². The summed E-state index contributed by atoms with van der Waals surface area (Å²) >= 11 is 12.8. The third-order valence-corrected chi connectivity index (χ3v) is 23.2. The molecule has 2 aliphatic carbocycles. The van der Waals surface area contributed by atoms with Crippen LogP contribution in [0.4, 0.5) is 5.82 Å². The van der Waals surface area contributed by atoms with E-state index in [0.717, 1.165) is 165 Å². The molecule has 0 bridgehead atoms. The molecule has 0 saturated heterocycles. The Morgan fingerprint density at radius 2 is 0.917 bits per heavy atom. The molecular weight excluding hydrogens is 1560 g/mol. The second-order valence-corrected chi connectivity index (χ2v) is 32.9. The first kappa shape index (κ1) is 95.0. The number of carboxylic acids is 1. The number of carbonyl (C=O) groups is 6. The summed E-state index contributed by atoms with van der Waals surface area (Å²) in [4.78, 5) is 110. The lowest BCUT2D eigenvalue weighted by Crippen LogP contribution is -2.48. The molecule has 2 N–H and O–H groups in total. The van der Waals surface area contributed by atoms with Gasteiger partial charge in [0.25, 0.3) is 0 Å². The Morgan fingerprint density at radius 1 is 0.430 bits per heavy atom. The Kier molecular flexibility index (Phi) is 39.2. The Morgan fingerprint density at radius 3 is 1.45 bits per heavy atom. The van der Waals surface area contributed by atoms with Gasteiger partial charge in [-0.3, -0.25) is 48.7 Å². The molecule has 4 heterocycles. The molecule has 2 fully saturated rings. The van der Waals surface area contributed by atoms with Gasteiger partial charge in [-0.2, -0.15) is 0 Å². The van der Waals surface area contributed by atoms with Crippen molar-refractivity contribution in [2.45, 2.75) is 240 Å². The summed E-state index contributed by atoms with van der Waals surface area (Å²) in [5, 5.41) is 13.8. The summed E-state index contributed by atoms with van der Waals surface area (Å²) in [5.41, 5.74) is 9.22. The van der Waals surface area contributed by atoms with E-state index in [4.69, 9.17) is 57.3 Å². The zero-order valence-electron chi connectivity index (χ0n) is 69.4. The Bertz CT molecular complexity index is 4530. The summed E-state index contributed by atoms with van der Waals surface area (Å²) in [6.07, 6.45) is 21.5. The molecule has 5 aromatic carbocycles. The van der Waals surface area contributed by atoms with Crippen molar-refractivity contribution < 1.29 is 48.1 Å². The average molecular weight is 1680 g/mol. The van der Waals surface area contributed by atoms with Crippen LogP contribution in [0.3, 0.4) is 0 Å². The van der Waals surface area contributed by atoms with Crippen molar-refractivity contribution in [2.75, 3.05) is 51.4 Å². The lowest BCUT2D eigenvalue weighted by atomic mass is 9.68. The molecule has 0 aliphatic heterocycles. The predicted octanol–water partition coefficient (Wildman–Crippen LogP) is 21.2. The van der Waals surface area contributed by atoms with E-state index in [1.165, 1.54) is 0 Å². The number of carbonyl (C=O) groups excluding carboxylic acids is 5. The number of anilines is 1. The maximum absolute atomic E-state index is 15.7. The predicted molar refractivity (Wildman–Crippen MR) is 481 cm³/mol. The number of Topliss-reactive ketones (excluding diaryl/α,β-unsaturated/α-hetero) is 2. The van der Waals surface area contributed by atoms with Gasteiger partial charge in [0.05, 0.1) is 65.6 Å². The fourth-order valence-electron chi connectivity index (χ4n) is 16.5. The molecule has 3 amide bonds. The molecule has 0 atom stereocenters. The molecule has 121 heavy (non-hydrogen) atoms. The Balaban J connectivity index is 0.00000832. The quantitative estimate of drug-likeness (QED) is 0.0267. The SMILES string of the molecule is C.C.CCCCCC(=O)Cc1cccc(CN(Cc2cc(CN(Cc3ccccn3)Cc3cccc(NC(=O)CCCCC)n3)cc(OCCCCN(Cc3ccc(C(=O)CCCOCCOCCN(Cc4ccc(C(=O)O)cc4)C(=O)C4(c5ccc(Cl)cc5)CCCCC4)cc3)C(=O)C3(c4ccc(Cl)cc4)CCCCC3)c2)Cc2ccccn2)n1. The van der Waals surface area contributed by atoms with Gasteiger partial charge in [0.1, 0.15) is 17.4 Å². The van der Waals surface area contributed by atoms with E-state index in [1.54, 1.807) is 24.3 Å². The molecule has 2 saturated carbocycles. The highest BCUT2D eigenvalue weighted by atomic mass is 35.5. The topological polar surface area (TPSA) is 227 Å². The van der Waals surface area contributed by atoms with Crippen LogP contribution in [-0.2, 0) is 98.3 Å². The van der Waals surface area contributed by atoms with Crippen molar-refractivity contribution in [3.05, 3.63) is 283 Å². The normalized spacial score (nSPS) is 13.5. The van der Waals surface area contributed by atoms with Gasteiger partial charge in [0, 0.05) is 131 Å². The van der Waals surface area contributed by atoms with Gasteiger partial charge in [0.15, 0.2) is 5.78 Å². The molecule has 4 aromatic heterocycles. The second-order valence-electron chi connectivity index (χ2n) is 32.0. The molecule has 19 nitrogen and oxygen atoms in total. The van der Waals surface area contributed by atoms with Crippen molar-refractivity contribution in [3.8, 4) is 5.75 Å². The molecule has 2 aliphatic rings. The molecule has 21 heteroatoms. The standard InChI is InChI=1S/C98H117Cl2N9O10.2CH4/c1-3-5-9-29-89(110)65-84-26-21-27-87(103-84)72-106(70-85-24-11-17-53-101-85)66-76-62-77(67-107(71-86-25-12-18-54-102-86)73-88-28-22-31-92(104-88)105-93(112)32-10-6-4-2)64-90(63-76)119-58-20-19-55-108(95(115)97(49-13-7-14-50-97)80-41-45-82(99)46-42-80)68-74-33-37-78(38-34-74)91(111)30-23-57-117-60-61-118-59-56-109(69-75-35-39-79(40-36-75)94(113)114)96(116)98(51-15-8-16-52-98)81-43-47-83(100)48-44-81;;/h11-12,17-18,21-22,24-28,31,33-48,53-54,62-64H,3-10,13-16,19-20,23,29-30,32,49-52,55-61,65-73H2,1-2H3,(H,113,114)(H,104,105,112);2*1H4. The number of unbranched alkanes of at least 4 members (excludes halogenated alkanes) is 5. The fraction of sp³-hybridized carbons (Fsp3) is 0.440. The number of ether oxygens (including phenoxy) is 3. The number of hydrogen-bond acceptors (Lipinski definition) is 15. The molecule has 9 aromatic rings. The van der Waals surface area contributed by atoms with Crippen molar-refractivity contribution in [3.63, 3.8) is 0 Å². The number of carboxylic acid groups (broad SMARTS) is 1. The Labute approximate surface area is 727 Å². The van der Waals surface area contributed by atoms with Gasteiger partial charge in [-0.1, -0.05) is 207 Å². The van der Waals surface area contributed by atoms with E-state index in [1.807, 2.05) is 168 Å². The van der Waals surface area contributed by atoms with E-state index in [0.29, 0.717) is 158 Å². The van der Waals surface area contributed by atoms with Crippen LogP contribution in [0.2, 0.25) is 10.0 Å². The number of ketones is 2. The number of aromatic nitrogens is 4. The summed E-state index contributed by atoms with van der Waals surface area (Å²) in [5.74, 6) is 0.445. The second kappa shape index (κ2) is 49.9. The molecule has 644 valence electrons. The zero-order valence-corrected chi connectivity index (χ0v) is 70.9. The van der Waals surface area contributed by atoms with E-state index >= 15 is 4.79 Å². The lowest BCUT2D eigenvalue weighted by molar-refractivity contribution is -0.141. The number of rotatable bonds is 49.